The minimum Gasteiger partial charge on any atom is -0.302 e. The Hall–Kier alpha value is -0.840. The fourth-order valence-corrected chi connectivity index (χ4v) is 0.780. The highest BCUT2D eigenvalue weighted by Gasteiger charge is 2.21. The SMILES string of the molecule is O=C1NC(=O)C(=CBr)N1. The zero-order chi connectivity index (χ0) is 6.85. The van der Waals surface area contributed by atoms with Gasteiger partial charge in [-0.15, -0.1) is 0 Å². The van der Waals surface area contributed by atoms with Crippen LogP contribution in [0.5, 0.6) is 0 Å². The van der Waals surface area contributed by atoms with Gasteiger partial charge in [0.25, 0.3) is 5.91 Å². The summed E-state index contributed by atoms with van der Waals surface area (Å²) in [5.41, 5.74) is 0.236. The standard InChI is InChI=1S/C4H3BrN2O2/c5-1-2-3(8)7-4(9)6-2/h1H,(H2,6,7,8,9). The first-order valence-corrected chi connectivity index (χ1v) is 3.08. The highest BCUT2D eigenvalue weighted by Crippen LogP contribution is 1.99. The van der Waals surface area contributed by atoms with E-state index >= 15 is 0 Å². The van der Waals surface area contributed by atoms with Crippen LogP contribution in [0, 0.1) is 0 Å². The number of halogens is 1. The van der Waals surface area contributed by atoms with Gasteiger partial charge >= 0.3 is 6.03 Å². The maximum Gasteiger partial charge on any atom is 0.326 e. The van der Waals surface area contributed by atoms with E-state index in [4.69, 9.17) is 0 Å². The summed E-state index contributed by atoms with van der Waals surface area (Å²) < 4.78 is 0. The minimum absolute atomic E-state index is 0.236. The van der Waals surface area contributed by atoms with Crippen molar-refractivity contribution in [1.82, 2.24) is 10.6 Å². The number of urea groups is 1. The molecule has 2 N–H and O–H groups in total. The largest absolute Gasteiger partial charge is 0.326 e. The lowest BCUT2D eigenvalue weighted by atomic mass is 10.5. The Balaban J connectivity index is 2.81. The van der Waals surface area contributed by atoms with Crippen LogP contribution in [0.4, 0.5) is 4.79 Å². The lowest BCUT2D eigenvalue weighted by Gasteiger charge is -1.84. The average molecular weight is 191 g/mol. The van der Waals surface area contributed by atoms with E-state index < -0.39 is 11.9 Å². The number of carbonyl (C=O) groups excluding carboxylic acids is 2. The van der Waals surface area contributed by atoms with Gasteiger partial charge in [0.15, 0.2) is 0 Å². The zero-order valence-electron chi connectivity index (χ0n) is 4.27. The summed E-state index contributed by atoms with van der Waals surface area (Å²) in [6, 6.07) is -0.481. The summed E-state index contributed by atoms with van der Waals surface area (Å²) in [6.45, 7) is 0. The van der Waals surface area contributed by atoms with Crippen LogP contribution >= 0.6 is 15.9 Å². The van der Waals surface area contributed by atoms with Crippen molar-refractivity contribution in [2.75, 3.05) is 0 Å². The van der Waals surface area contributed by atoms with Gasteiger partial charge in [0.05, 0.1) is 0 Å². The Morgan fingerprint density at radius 3 is 2.22 bits per heavy atom. The molecule has 0 aromatic heterocycles. The molecule has 0 radical (unpaired) electrons. The van der Waals surface area contributed by atoms with Crippen LogP contribution in [0.3, 0.4) is 0 Å². The van der Waals surface area contributed by atoms with Gasteiger partial charge in [0, 0.05) is 4.99 Å². The van der Waals surface area contributed by atoms with E-state index in [9.17, 15) is 9.59 Å². The number of amides is 3. The van der Waals surface area contributed by atoms with Gasteiger partial charge in [-0.3, -0.25) is 10.1 Å². The lowest BCUT2D eigenvalue weighted by molar-refractivity contribution is -0.115. The maximum absolute atomic E-state index is 10.5. The molecule has 1 fully saturated rings. The fourth-order valence-electron chi connectivity index (χ4n) is 0.458. The van der Waals surface area contributed by atoms with Gasteiger partial charge in [-0.05, 0) is 0 Å². The van der Waals surface area contributed by atoms with Gasteiger partial charge in [0.2, 0.25) is 0 Å². The summed E-state index contributed by atoms with van der Waals surface area (Å²) in [4.78, 5) is 22.2. The third kappa shape index (κ3) is 1.10. The molecule has 1 rings (SSSR count). The van der Waals surface area contributed by atoms with Crippen molar-refractivity contribution in [3.8, 4) is 0 Å². The number of rotatable bonds is 0. The van der Waals surface area contributed by atoms with Crippen LogP contribution in [0.15, 0.2) is 10.7 Å². The molecule has 0 bridgehead atoms. The topological polar surface area (TPSA) is 58.2 Å². The summed E-state index contributed by atoms with van der Waals surface area (Å²) in [5.74, 6) is -0.406. The first-order valence-electron chi connectivity index (χ1n) is 2.17. The predicted molar refractivity (Wildman–Crippen MR) is 33.7 cm³/mol. The smallest absolute Gasteiger partial charge is 0.302 e. The lowest BCUT2D eigenvalue weighted by Crippen LogP contribution is -2.22. The molecule has 1 heterocycles. The highest BCUT2D eigenvalue weighted by atomic mass is 79.9. The molecule has 0 atom stereocenters. The molecule has 0 saturated carbocycles. The van der Waals surface area contributed by atoms with Gasteiger partial charge in [-0.2, -0.15) is 0 Å². The quantitative estimate of drug-likeness (QED) is 0.420. The third-order valence-electron chi connectivity index (χ3n) is 0.829. The first-order chi connectivity index (χ1) is 4.24. The van der Waals surface area contributed by atoms with E-state index in [0.29, 0.717) is 0 Å². The third-order valence-corrected chi connectivity index (χ3v) is 1.29. The second-order valence-electron chi connectivity index (χ2n) is 1.43. The van der Waals surface area contributed by atoms with Crippen molar-refractivity contribution < 1.29 is 9.59 Å². The molecule has 1 aliphatic heterocycles. The van der Waals surface area contributed by atoms with Gasteiger partial charge < -0.3 is 5.32 Å². The Morgan fingerprint density at radius 2 is 2.00 bits per heavy atom. The number of hydrogen-bond donors (Lipinski definition) is 2. The molecule has 0 aromatic rings. The Kier molecular flexibility index (Phi) is 1.52. The molecule has 9 heavy (non-hydrogen) atoms. The number of carbonyl (C=O) groups is 2. The molecule has 5 heteroatoms. The van der Waals surface area contributed by atoms with E-state index in [1.165, 1.54) is 4.99 Å². The molecule has 0 aromatic carbocycles. The van der Waals surface area contributed by atoms with E-state index in [1.807, 2.05) is 5.32 Å². The van der Waals surface area contributed by atoms with Crippen LogP contribution in [-0.4, -0.2) is 11.9 Å². The van der Waals surface area contributed by atoms with Crippen LogP contribution in [0.2, 0.25) is 0 Å². The van der Waals surface area contributed by atoms with Crippen LogP contribution in [-0.2, 0) is 4.79 Å². The molecule has 4 nitrogen and oxygen atoms in total. The normalized spacial score (nSPS) is 22.1. The summed E-state index contributed by atoms with van der Waals surface area (Å²) in [6.07, 6.45) is 0. The zero-order valence-corrected chi connectivity index (χ0v) is 5.86. The van der Waals surface area contributed by atoms with Gasteiger partial charge in [-0.1, -0.05) is 15.9 Å². The van der Waals surface area contributed by atoms with Gasteiger partial charge in [-0.25, -0.2) is 4.79 Å². The molecule has 1 aliphatic rings. The van der Waals surface area contributed by atoms with Crippen molar-refractivity contribution in [3.05, 3.63) is 10.7 Å². The van der Waals surface area contributed by atoms with E-state index in [0.717, 1.165) is 0 Å². The molecule has 0 spiro atoms. The summed E-state index contributed by atoms with van der Waals surface area (Å²) >= 11 is 2.91. The molecule has 0 unspecified atom stereocenters. The van der Waals surface area contributed by atoms with E-state index in [2.05, 4.69) is 21.2 Å². The highest BCUT2D eigenvalue weighted by molar-refractivity contribution is 9.11. The second kappa shape index (κ2) is 2.18. The van der Waals surface area contributed by atoms with Crippen molar-refractivity contribution in [1.29, 1.82) is 0 Å². The second-order valence-corrected chi connectivity index (χ2v) is 1.89. The van der Waals surface area contributed by atoms with Crippen molar-refractivity contribution in [3.63, 3.8) is 0 Å². The first kappa shape index (κ1) is 6.28. The Labute approximate surface area is 59.4 Å². The summed E-state index contributed by atoms with van der Waals surface area (Å²) in [7, 11) is 0. The number of nitrogens with one attached hydrogen (secondary N) is 2. The van der Waals surface area contributed by atoms with Crippen LogP contribution in [0.1, 0.15) is 0 Å². The number of hydrogen-bond acceptors (Lipinski definition) is 2. The van der Waals surface area contributed by atoms with Crippen LogP contribution in [0.25, 0.3) is 0 Å². The van der Waals surface area contributed by atoms with E-state index in [1.54, 1.807) is 0 Å². The molecule has 3 amide bonds. The molecule has 1 saturated heterocycles. The molecular weight excluding hydrogens is 188 g/mol. The Bertz CT molecular complexity index is 199. The molecular formula is C4H3BrN2O2. The van der Waals surface area contributed by atoms with Crippen LogP contribution < -0.4 is 10.6 Å². The average Bonchev–Trinajstić information content (AvgIpc) is 2.10. The van der Waals surface area contributed by atoms with E-state index in [-0.39, 0.29) is 5.70 Å². The Morgan fingerprint density at radius 1 is 1.33 bits per heavy atom. The minimum atomic E-state index is -0.481. The number of imide groups is 1. The van der Waals surface area contributed by atoms with Crippen molar-refractivity contribution >= 4 is 27.9 Å². The maximum atomic E-state index is 10.5. The summed E-state index contributed by atoms with van der Waals surface area (Å²) in [5, 5.41) is 4.30. The fraction of sp³-hybridized carbons (Fsp3) is 0. The molecule has 0 aliphatic carbocycles. The monoisotopic (exact) mass is 190 g/mol. The molecule has 48 valence electrons. The predicted octanol–water partition coefficient (Wildman–Crippen LogP) is 0.0621. The van der Waals surface area contributed by atoms with Crippen molar-refractivity contribution in [2.24, 2.45) is 0 Å². The van der Waals surface area contributed by atoms with Crippen molar-refractivity contribution in [2.45, 2.75) is 0 Å². The van der Waals surface area contributed by atoms with Gasteiger partial charge in [0.1, 0.15) is 5.70 Å².